The zero-order valence-corrected chi connectivity index (χ0v) is 27.4. The Morgan fingerprint density at radius 1 is 0.844 bits per heavy atom. The zero-order chi connectivity index (χ0) is 31.8. The summed E-state index contributed by atoms with van der Waals surface area (Å²) in [4.78, 5) is 29.5. The summed E-state index contributed by atoms with van der Waals surface area (Å²) in [5.74, 6) is 0.704. The molecule has 2 heterocycles. The number of nitrogens with one attached hydrogen (secondary N) is 1. The molecule has 0 spiro atoms. The number of furan rings is 1. The molecule has 45 heavy (non-hydrogen) atoms. The fraction of sp³-hybridized carbons (Fsp3) is 0.400. The van der Waals surface area contributed by atoms with E-state index in [-0.39, 0.29) is 28.7 Å². The van der Waals surface area contributed by atoms with Crippen molar-refractivity contribution in [1.29, 1.82) is 0 Å². The van der Waals surface area contributed by atoms with Crippen molar-refractivity contribution >= 4 is 11.8 Å². The lowest BCUT2D eigenvalue weighted by atomic mass is 9.62. The molecule has 0 bridgehead atoms. The Balaban J connectivity index is 1.21. The SMILES string of the molecule is Cc1cc2c(cc1Cc1ccc(C(=O)N3CCCCC3C(=O)NC(c3ccccc3)c3ccccc3)o1)C(C)(C)CCC2(C)C. The quantitative estimate of drug-likeness (QED) is 0.231. The molecule has 1 aliphatic carbocycles. The van der Waals surface area contributed by atoms with Crippen LogP contribution in [-0.2, 0) is 22.0 Å². The van der Waals surface area contributed by atoms with Gasteiger partial charge in [-0.3, -0.25) is 9.59 Å². The number of benzene rings is 3. The van der Waals surface area contributed by atoms with Gasteiger partial charge in [-0.1, -0.05) is 100 Å². The minimum absolute atomic E-state index is 0.126. The molecule has 6 rings (SSSR count). The largest absolute Gasteiger partial charge is 0.456 e. The molecule has 5 nitrogen and oxygen atoms in total. The van der Waals surface area contributed by atoms with Crippen molar-refractivity contribution in [2.24, 2.45) is 0 Å². The van der Waals surface area contributed by atoms with Gasteiger partial charge in [0.05, 0.1) is 6.04 Å². The van der Waals surface area contributed by atoms with E-state index in [1.165, 1.54) is 28.7 Å². The highest BCUT2D eigenvalue weighted by Gasteiger charge is 2.38. The second kappa shape index (κ2) is 12.3. The Morgan fingerprint density at radius 3 is 2.07 bits per heavy atom. The van der Waals surface area contributed by atoms with Crippen LogP contribution in [0, 0.1) is 6.92 Å². The first-order chi connectivity index (χ1) is 21.5. The van der Waals surface area contributed by atoms with Gasteiger partial charge in [-0.05, 0) is 95.4 Å². The predicted molar refractivity (Wildman–Crippen MR) is 180 cm³/mol. The summed E-state index contributed by atoms with van der Waals surface area (Å²) >= 11 is 0. The molecule has 1 aliphatic heterocycles. The summed E-state index contributed by atoms with van der Waals surface area (Å²) in [6.07, 6.45) is 5.37. The van der Waals surface area contributed by atoms with Crippen molar-refractivity contribution < 1.29 is 14.0 Å². The molecule has 1 atom stereocenters. The molecule has 1 aromatic heterocycles. The van der Waals surface area contributed by atoms with Gasteiger partial charge < -0.3 is 14.6 Å². The number of carbonyl (C=O) groups excluding carboxylic acids is 2. The Hall–Kier alpha value is -4.12. The van der Waals surface area contributed by atoms with Gasteiger partial charge in [0.15, 0.2) is 5.76 Å². The number of aryl methyl sites for hydroxylation is 1. The highest BCUT2D eigenvalue weighted by atomic mass is 16.4. The van der Waals surface area contributed by atoms with E-state index in [2.05, 4.69) is 52.1 Å². The molecule has 2 aliphatic rings. The fourth-order valence-corrected chi connectivity index (χ4v) is 7.21. The summed E-state index contributed by atoms with van der Waals surface area (Å²) in [6, 6.07) is 27.6. The van der Waals surface area contributed by atoms with Crippen LogP contribution in [0.3, 0.4) is 0 Å². The summed E-state index contributed by atoms with van der Waals surface area (Å²) in [5, 5.41) is 3.27. The molecule has 3 aromatic carbocycles. The first kappa shape index (κ1) is 30.9. The van der Waals surface area contributed by atoms with Gasteiger partial charge in [0, 0.05) is 13.0 Å². The molecular formula is C40H46N2O3. The van der Waals surface area contributed by atoms with Gasteiger partial charge in [0.1, 0.15) is 11.8 Å². The highest BCUT2D eigenvalue weighted by molar-refractivity contribution is 5.96. The van der Waals surface area contributed by atoms with E-state index in [0.717, 1.165) is 36.1 Å². The number of amides is 2. The van der Waals surface area contributed by atoms with Crippen LogP contribution in [0.15, 0.2) is 89.3 Å². The Morgan fingerprint density at radius 2 is 1.44 bits per heavy atom. The summed E-state index contributed by atoms with van der Waals surface area (Å²) in [6.45, 7) is 12.1. The first-order valence-electron chi connectivity index (χ1n) is 16.5. The molecule has 1 saturated heterocycles. The molecule has 234 valence electrons. The van der Waals surface area contributed by atoms with Gasteiger partial charge in [-0.15, -0.1) is 0 Å². The van der Waals surface area contributed by atoms with E-state index in [4.69, 9.17) is 4.42 Å². The Bertz CT molecular complexity index is 1630. The monoisotopic (exact) mass is 602 g/mol. The lowest BCUT2D eigenvalue weighted by Gasteiger charge is -2.42. The zero-order valence-electron chi connectivity index (χ0n) is 27.4. The van der Waals surface area contributed by atoms with Gasteiger partial charge in [-0.25, -0.2) is 0 Å². The molecule has 1 unspecified atom stereocenters. The minimum atomic E-state index is -0.553. The molecule has 0 saturated carbocycles. The van der Waals surface area contributed by atoms with E-state index >= 15 is 0 Å². The van der Waals surface area contributed by atoms with Crippen LogP contribution in [0.4, 0.5) is 0 Å². The first-order valence-corrected chi connectivity index (χ1v) is 16.5. The lowest BCUT2D eigenvalue weighted by molar-refractivity contribution is -0.127. The molecule has 1 N–H and O–H groups in total. The number of piperidine rings is 1. The predicted octanol–water partition coefficient (Wildman–Crippen LogP) is 8.43. The van der Waals surface area contributed by atoms with Crippen LogP contribution in [-0.4, -0.2) is 29.3 Å². The van der Waals surface area contributed by atoms with E-state index in [0.29, 0.717) is 25.1 Å². The van der Waals surface area contributed by atoms with Gasteiger partial charge in [-0.2, -0.15) is 0 Å². The second-order valence-electron chi connectivity index (χ2n) is 14.3. The maximum atomic E-state index is 13.9. The maximum absolute atomic E-state index is 13.9. The van der Waals surface area contributed by atoms with Crippen molar-refractivity contribution in [3.05, 3.63) is 130 Å². The molecule has 4 aromatic rings. The third kappa shape index (κ3) is 6.36. The van der Waals surface area contributed by atoms with E-state index in [1.54, 1.807) is 11.0 Å². The van der Waals surface area contributed by atoms with Gasteiger partial charge in [0.25, 0.3) is 5.91 Å². The Labute approximate surface area is 268 Å². The molecule has 0 radical (unpaired) electrons. The van der Waals surface area contributed by atoms with Gasteiger partial charge in [0.2, 0.25) is 5.91 Å². The van der Waals surface area contributed by atoms with Crippen LogP contribution in [0.25, 0.3) is 0 Å². The average molecular weight is 603 g/mol. The third-order valence-electron chi connectivity index (χ3n) is 10.2. The van der Waals surface area contributed by atoms with E-state index < -0.39 is 6.04 Å². The number of carbonyl (C=O) groups is 2. The topological polar surface area (TPSA) is 62.6 Å². The summed E-state index contributed by atoms with van der Waals surface area (Å²) in [7, 11) is 0. The number of hydrogen-bond donors (Lipinski definition) is 1. The fourth-order valence-electron chi connectivity index (χ4n) is 7.21. The van der Waals surface area contributed by atoms with Gasteiger partial charge >= 0.3 is 0 Å². The van der Waals surface area contributed by atoms with Crippen LogP contribution < -0.4 is 5.32 Å². The normalized spacial score (nSPS) is 18.8. The third-order valence-corrected chi connectivity index (χ3v) is 10.2. The number of rotatable bonds is 7. The van der Waals surface area contributed by atoms with Crippen molar-refractivity contribution in [3.63, 3.8) is 0 Å². The number of likely N-dealkylation sites (tertiary alicyclic amines) is 1. The molecule has 2 amide bonds. The number of nitrogens with zero attached hydrogens (tertiary/aromatic N) is 1. The summed E-state index contributed by atoms with van der Waals surface area (Å²) < 4.78 is 6.22. The average Bonchev–Trinajstić information content (AvgIpc) is 3.52. The van der Waals surface area contributed by atoms with E-state index in [9.17, 15) is 9.59 Å². The van der Waals surface area contributed by atoms with Crippen molar-refractivity contribution in [1.82, 2.24) is 10.2 Å². The highest BCUT2D eigenvalue weighted by Crippen LogP contribution is 2.46. The van der Waals surface area contributed by atoms with Crippen LogP contribution >= 0.6 is 0 Å². The summed E-state index contributed by atoms with van der Waals surface area (Å²) in [5.41, 5.74) is 7.66. The van der Waals surface area contributed by atoms with E-state index in [1.807, 2.05) is 66.7 Å². The van der Waals surface area contributed by atoms with Crippen LogP contribution in [0.1, 0.15) is 116 Å². The van der Waals surface area contributed by atoms with Crippen LogP contribution in [0.2, 0.25) is 0 Å². The standard InChI is InChI=1S/C40H46N2O3/c1-27-24-32-33(40(4,5)22-21-39(32,2)3)26-30(27)25-31-19-20-35(45-31)38(44)42-23-13-12-18-34(42)37(43)41-36(28-14-8-6-9-15-28)29-16-10-7-11-17-29/h6-11,14-17,19-20,24,26,34,36H,12-13,18,21-23,25H2,1-5H3,(H,41,43). The number of hydrogen-bond acceptors (Lipinski definition) is 3. The van der Waals surface area contributed by atoms with Crippen molar-refractivity contribution in [3.8, 4) is 0 Å². The second-order valence-corrected chi connectivity index (χ2v) is 14.3. The smallest absolute Gasteiger partial charge is 0.290 e. The minimum Gasteiger partial charge on any atom is -0.456 e. The lowest BCUT2D eigenvalue weighted by Crippen LogP contribution is -2.52. The maximum Gasteiger partial charge on any atom is 0.290 e. The number of fused-ring (bicyclic) bond motifs is 1. The van der Waals surface area contributed by atoms with Crippen molar-refractivity contribution in [2.75, 3.05) is 6.54 Å². The molecule has 5 heteroatoms. The van der Waals surface area contributed by atoms with Crippen LogP contribution in [0.5, 0.6) is 0 Å². The molecule has 1 fully saturated rings. The van der Waals surface area contributed by atoms with Crippen molar-refractivity contribution in [2.45, 2.75) is 96.1 Å². The Kier molecular flexibility index (Phi) is 8.47. The molecular weight excluding hydrogens is 556 g/mol.